The first-order valence-electron chi connectivity index (χ1n) is 7.93. The smallest absolute Gasteiger partial charge is 0.243 e. The Morgan fingerprint density at radius 3 is 2.16 bits per heavy atom. The third-order valence-corrected chi connectivity index (χ3v) is 3.47. The van der Waals surface area contributed by atoms with Crippen molar-refractivity contribution >= 4 is 17.7 Å². The van der Waals surface area contributed by atoms with Crippen molar-refractivity contribution < 1.29 is 18.8 Å². The fourth-order valence-corrected chi connectivity index (χ4v) is 2.18. The molecule has 2 atom stereocenters. The second kappa shape index (κ2) is 9.56. The van der Waals surface area contributed by atoms with Crippen LogP contribution < -0.4 is 16.4 Å². The number of amides is 3. The minimum Gasteiger partial charge on any atom is -0.368 e. The van der Waals surface area contributed by atoms with E-state index in [2.05, 4.69) is 10.6 Å². The quantitative estimate of drug-likeness (QED) is 0.615. The van der Waals surface area contributed by atoms with Crippen LogP contribution in [-0.2, 0) is 20.8 Å². The van der Waals surface area contributed by atoms with Crippen LogP contribution >= 0.6 is 0 Å². The van der Waals surface area contributed by atoms with Gasteiger partial charge in [0, 0.05) is 13.3 Å². The molecule has 0 saturated heterocycles. The van der Waals surface area contributed by atoms with Crippen molar-refractivity contribution in [2.75, 3.05) is 0 Å². The number of nitrogens with two attached hydrogens (primary N) is 1. The van der Waals surface area contributed by atoms with Gasteiger partial charge < -0.3 is 16.4 Å². The Bertz CT molecular complexity index is 652. The summed E-state index contributed by atoms with van der Waals surface area (Å²) in [6.45, 7) is 5.03. The Morgan fingerprint density at radius 1 is 1.08 bits per heavy atom. The molecule has 25 heavy (non-hydrogen) atoms. The second-order valence-corrected chi connectivity index (χ2v) is 6.06. The summed E-state index contributed by atoms with van der Waals surface area (Å²) in [7, 11) is 0. The predicted octanol–water partition coefficient (Wildman–Crippen LogP) is 1.20. The average molecular weight is 349 g/mol. The maximum absolute atomic E-state index is 13.0. The number of carbonyl (C=O) groups is 3. The molecule has 1 aromatic carbocycles. The SMILES string of the molecule is CC(=O)N[C@H](Cc1ccc(F)cc1)C(=O)N[C@@H](CC=C(C)C)C(N)=O. The van der Waals surface area contributed by atoms with Gasteiger partial charge in [0.2, 0.25) is 17.7 Å². The van der Waals surface area contributed by atoms with E-state index in [1.165, 1.54) is 31.2 Å². The van der Waals surface area contributed by atoms with Crippen LogP contribution in [0.25, 0.3) is 0 Å². The third kappa shape index (κ3) is 7.60. The highest BCUT2D eigenvalue weighted by atomic mass is 19.1. The van der Waals surface area contributed by atoms with Gasteiger partial charge in [-0.1, -0.05) is 23.8 Å². The summed E-state index contributed by atoms with van der Waals surface area (Å²) in [6.07, 6.45) is 2.23. The highest BCUT2D eigenvalue weighted by Gasteiger charge is 2.24. The van der Waals surface area contributed by atoms with Crippen LogP contribution in [0.15, 0.2) is 35.9 Å². The first-order chi connectivity index (χ1) is 11.7. The lowest BCUT2D eigenvalue weighted by molar-refractivity contribution is -0.130. The maximum atomic E-state index is 13.0. The van der Waals surface area contributed by atoms with E-state index >= 15 is 0 Å². The molecule has 0 bridgehead atoms. The van der Waals surface area contributed by atoms with Gasteiger partial charge in [-0.3, -0.25) is 14.4 Å². The molecule has 0 radical (unpaired) electrons. The Morgan fingerprint density at radius 2 is 1.68 bits per heavy atom. The Kier molecular flexibility index (Phi) is 7.78. The van der Waals surface area contributed by atoms with Crippen molar-refractivity contribution in [3.63, 3.8) is 0 Å². The number of primary amides is 1. The summed E-state index contributed by atoms with van der Waals surface area (Å²) < 4.78 is 13.0. The summed E-state index contributed by atoms with van der Waals surface area (Å²) in [6, 6.07) is 3.86. The molecule has 0 aliphatic heterocycles. The molecule has 1 rings (SSSR count). The topological polar surface area (TPSA) is 101 Å². The number of nitrogens with one attached hydrogen (secondary N) is 2. The largest absolute Gasteiger partial charge is 0.368 e. The van der Waals surface area contributed by atoms with Crippen molar-refractivity contribution in [1.82, 2.24) is 10.6 Å². The van der Waals surface area contributed by atoms with E-state index in [9.17, 15) is 18.8 Å². The molecule has 0 aliphatic rings. The molecule has 0 saturated carbocycles. The van der Waals surface area contributed by atoms with Gasteiger partial charge in [0.25, 0.3) is 0 Å². The van der Waals surface area contributed by atoms with E-state index in [1.807, 2.05) is 13.8 Å². The van der Waals surface area contributed by atoms with Crippen molar-refractivity contribution in [3.05, 3.63) is 47.3 Å². The normalized spacial score (nSPS) is 12.6. The summed E-state index contributed by atoms with van der Waals surface area (Å²) in [5.74, 6) is -1.96. The number of allylic oxidation sites excluding steroid dienone is 1. The summed E-state index contributed by atoms with van der Waals surface area (Å²) in [4.78, 5) is 35.4. The molecule has 1 aromatic rings. The number of rotatable bonds is 8. The molecule has 136 valence electrons. The number of hydrogen-bond donors (Lipinski definition) is 3. The van der Waals surface area contributed by atoms with Gasteiger partial charge in [0.15, 0.2) is 0 Å². The number of benzene rings is 1. The summed E-state index contributed by atoms with van der Waals surface area (Å²) in [5.41, 5.74) is 7.00. The minimum absolute atomic E-state index is 0.166. The van der Waals surface area contributed by atoms with Crippen LogP contribution in [0, 0.1) is 5.82 Å². The third-order valence-electron chi connectivity index (χ3n) is 3.47. The zero-order valence-corrected chi connectivity index (χ0v) is 14.6. The number of hydrogen-bond acceptors (Lipinski definition) is 3. The lowest BCUT2D eigenvalue weighted by Crippen LogP contribution is -2.53. The van der Waals surface area contributed by atoms with Gasteiger partial charge in [-0.25, -0.2) is 4.39 Å². The molecule has 0 aromatic heterocycles. The lowest BCUT2D eigenvalue weighted by atomic mass is 10.0. The first-order valence-corrected chi connectivity index (χ1v) is 7.93. The van der Waals surface area contributed by atoms with Crippen LogP contribution in [0.5, 0.6) is 0 Å². The maximum Gasteiger partial charge on any atom is 0.243 e. The number of carbonyl (C=O) groups excluding carboxylic acids is 3. The first kappa shape index (κ1) is 20.3. The molecular weight excluding hydrogens is 325 g/mol. The lowest BCUT2D eigenvalue weighted by Gasteiger charge is -2.21. The van der Waals surface area contributed by atoms with E-state index in [0.717, 1.165) is 5.57 Å². The zero-order valence-electron chi connectivity index (χ0n) is 14.6. The minimum atomic E-state index is -0.892. The zero-order chi connectivity index (χ0) is 19.0. The van der Waals surface area contributed by atoms with Crippen LogP contribution in [0.1, 0.15) is 32.8 Å². The van der Waals surface area contributed by atoms with E-state index in [1.54, 1.807) is 6.08 Å². The van der Waals surface area contributed by atoms with E-state index in [-0.39, 0.29) is 24.6 Å². The molecular formula is C18H24FN3O3. The Labute approximate surface area is 146 Å². The molecule has 3 amide bonds. The fraction of sp³-hybridized carbons (Fsp3) is 0.389. The van der Waals surface area contributed by atoms with Gasteiger partial charge in [-0.15, -0.1) is 0 Å². The Hall–Kier alpha value is -2.70. The molecule has 0 unspecified atom stereocenters. The average Bonchev–Trinajstić information content (AvgIpc) is 2.51. The van der Waals surface area contributed by atoms with Gasteiger partial charge >= 0.3 is 0 Å². The van der Waals surface area contributed by atoms with E-state index in [4.69, 9.17) is 5.73 Å². The van der Waals surface area contributed by atoms with Crippen molar-refractivity contribution in [1.29, 1.82) is 0 Å². The van der Waals surface area contributed by atoms with E-state index < -0.39 is 23.9 Å². The molecule has 0 fully saturated rings. The van der Waals surface area contributed by atoms with Gasteiger partial charge in [-0.05, 0) is 38.0 Å². The van der Waals surface area contributed by atoms with Crippen molar-refractivity contribution in [2.45, 2.75) is 45.7 Å². The molecule has 0 aliphatic carbocycles. The number of halogens is 1. The highest BCUT2D eigenvalue weighted by molar-refractivity contribution is 5.91. The van der Waals surface area contributed by atoms with Gasteiger partial charge in [0.05, 0.1) is 0 Å². The molecule has 0 spiro atoms. The predicted molar refractivity (Wildman–Crippen MR) is 92.9 cm³/mol. The Balaban J connectivity index is 2.87. The van der Waals surface area contributed by atoms with Gasteiger partial charge in [0.1, 0.15) is 17.9 Å². The standard InChI is InChI=1S/C18H24FN3O3/c1-11(2)4-9-15(17(20)24)22-18(25)16(21-12(3)23)10-13-5-7-14(19)8-6-13/h4-8,15-16H,9-10H2,1-3H3,(H2,20,24)(H,21,23)(H,22,25)/t15-,16+/m0/s1. The van der Waals surface area contributed by atoms with Crippen LogP contribution in [0.4, 0.5) is 4.39 Å². The highest BCUT2D eigenvalue weighted by Crippen LogP contribution is 2.07. The fourth-order valence-electron chi connectivity index (χ4n) is 2.18. The van der Waals surface area contributed by atoms with Crippen LogP contribution in [-0.4, -0.2) is 29.8 Å². The molecule has 4 N–H and O–H groups in total. The molecule has 7 heteroatoms. The van der Waals surface area contributed by atoms with Crippen molar-refractivity contribution in [3.8, 4) is 0 Å². The van der Waals surface area contributed by atoms with E-state index in [0.29, 0.717) is 5.56 Å². The monoisotopic (exact) mass is 349 g/mol. The summed E-state index contributed by atoms with van der Waals surface area (Å²) >= 11 is 0. The molecule has 0 heterocycles. The molecule has 6 nitrogen and oxygen atoms in total. The summed E-state index contributed by atoms with van der Waals surface area (Å²) in [5, 5.41) is 5.10. The van der Waals surface area contributed by atoms with Crippen LogP contribution in [0.2, 0.25) is 0 Å². The van der Waals surface area contributed by atoms with Gasteiger partial charge in [-0.2, -0.15) is 0 Å². The van der Waals surface area contributed by atoms with Crippen molar-refractivity contribution in [2.24, 2.45) is 5.73 Å². The van der Waals surface area contributed by atoms with Crippen LogP contribution in [0.3, 0.4) is 0 Å². The second-order valence-electron chi connectivity index (χ2n) is 6.06.